The molecule has 2 fully saturated rings. The first-order valence-electron chi connectivity index (χ1n) is 8.31. The molecule has 1 saturated heterocycles. The monoisotopic (exact) mass is 318 g/mol. The third-order valence-electron chi connectivity index (χ3n) is 5.04. The highest BCUT2D eigenvalue weighted by Gasteiger charge is 2.57. The second-order valence-electron chi connectivity index (χ2n) is 6.70. The van der Waals surface area contributed by atoms with Crippen molar-refractivity contribution in [3.63, 3.8) is 0 Å². The van der Waals surface area contributed by atoms with Crippen molar-refractivity contribution < 1.29 is 4.79 Å². The van der Waals surface area contributed by atoms with Gasteiger partial charge in [-0.1, -0.05) is 29.8 Å². The van der Waals surface area contributed by atoms with Gasteiger partial charge < -0.3 is 10.6 Å². The summed E-state index contributed by atoms with van der Waals surface area (Å²) in [5.74, 6) is 2.59. The Kier molecular flexibility index (Phi) is 5.09. The molecule has 22 heavy (non-hydrogen) atoms. The smallest absolute Gasteiger partial charge is 0.223 e. The molecule has 1 aromatic rings. The molecule has 0 radical (unpaired) electrons. The lowest BCUT2D eigenvalue weighted by atomic mass is 9.92. The quantitative estimate of drug-likeness (QED) is 0.793. The fourth-order valence-electron chi connectivity index (χ4n) is 3.44. The summed E-state index contributed by atoms with van der Waals surface area (Å²) in [6, 6.07) is 8.68. The zero-order chi connectivity index (χ0) is 15.4. The van der Waals surface area contributed by atoms with Crippen molar-refractivity contribution in [1.82, 2.24) is 10.6 Å². The molecule has 1 spiro atoms. The van der Waals surface area contributed by atoms with Gasteiger partial charge in [-0.25, -0.2) is 0 Å². The number of carbonyl (C=O) groups excluding carboxylic acids is 1. The third-order valence-corrected chi connectivity index (χ3v) is 6.07. The molecule has 2 aliphatic rings. The molecule has 2 N–H and O–H groups in total. The van der Waals surface area contributed by atoms with Crippen molar-refractivity contribution in [2.75, 3.05) is 25.4 Å². The largest absolute Gasteiger partial charge is 0.355 e. The Labute approximate surface area is 137 Å². The number of piperidine rings is 1. The molecule has 4 heteroatoms. The third kappa shape index (κ3) is 3.85. The molecule has 1 aliphatic carbocycles. The number of rotatable bonds is 6. The van der Waals surface area contributed by atoms with Crippen molar-refractivity contribution in [3.05, 3.63) is 35.4 Å². The van der Waals surface area contributed by atoms with Gasteiger partial charge in [0.25, 0.3) is 0 Å². The van der Waals surface area contributed by atoms with E-state index in [0.717, 1.165) is 37.6 Å². The van der Waals surface area contributed by atoms with Crippen molar-refractivity contribution in [2.45, 2.75) is 31.9 Å². The summed E-state index contributed by atoms with van der Waals surface area (Å²) in [5.41, 5.74) is 3.01. The van der Waals surface area contributed by atoms with Crippen LogP contribution in [0.3, 0.4) is 0 Å². The van der Waals surface area contributed by atoms with Crippen LogP contribution in [0, 0.1) is 18.3 Å². The Hall–Kier alpha value is -1.00. The number of aryl methyl sites for hydroxylation is 1. The Balaban J connectivity index is 1.30. The molecule has 3 rings (SSSR count). The van der Waals surface area contributed by atoms with Crippen LogP contribution in [0.15, 0.2) is 24.3 Å². The van der Waals surface area contributed by atoms with Crippen LogP contribution in [0.2, 0.25) is 0 Å². The van der Waals surface area contributed by atoms with E-state index in [0.29, 0.717) is 5.41 Å². The second-order valence-corrected chi connectivity index (χ2v) is 7.80. The van der Waals surface area contributed by atoms with Gasteiger partial charge in [0, 0.05) is 24.0 Å². The molecule has 1 saturated carbocycles. The molecule has 3 nitrogen and oxygen atoms in total. The predicted octanol–water partition coefficient (Wildman–Crippen LogP) is 2.73. The van der Waals surface area contributed by atoms with Crippen LogP contribution in [-0.2, 0) is 10.5 Å². The first-order valence-corrected chi connectivity index (χ1v) is 9.47. The Morgan fingerprint density at radius 1 is 1.32 bits per heavy atom. The minimum Gasteiger partial charge on any atom is -0.355 e. The topological polar surface area (TPSA) is 41.1 Å². The average molecular weight is 318 g/mol. The van der Waals surface area contributed by atoms with Crippen LogP contribution in [0.25, 0.3) is 0 Å². The second kappa shape index (κ2) is 7.05. The van der Waals surface area contributed by atoms with Crippen LogP contribution < -0.4 is 10.6 Å². The summed E-state index contributed by atoms with van der Waals surface area (Å²) in [5, 5.41) is 6.52. The van der Waals surface area contributed by atoms with Gasteiger partial charge in [0.05, 0.1) is 0 Å². The SMILES string of the molecule is Cc1ccc(CSCCNC(=O)C2CC23CCNCC3)cc1. The summed E-state index contributed by atoms with van der Waals surface area (Å²) in [4.78, 5) is 12.2. The molecule has 120 valence electrons. The molecule has 1 heterocycles. The van der Waals surface area contributed by atoms with Gasteiger partial charge in [-0.2, -0.15) is 11.8 Å². The first-order chi connectivity index (χ1) is 10.7. The number of hydrogen-bond donors (Lipinski definition) is 2. The van der Waals surface area contributed by atoms with E-state index in [4.69, 9.17) is 0 Å². The van der Waals surface area contributed by atoms with Crippen LogP contribution in [-0.4, -0.2) is 31.3 Å². The summed E-state index contributed by atoms with van der Waals surface area (Å²) >= 11 is 1.89. The lowest BCUT2D eigenvalue weighted by Gasteiger charge is -2.23. The standard InChI is InChI=1S/C18H26N2OS/c1-14-2-4-15(5-3-14)13-22-11-10-20-17(21)16-12-18(16)6-8-19-9-7-18/h2-5,16,19H,6-13H2,1H3,(H,20,21). The fraction of sp³-hybridized carbons (Fsp3) is 0.611. The van der Waals surface area contributed by atoms with Gasteiger partial charge in [-0.15, -0.1) is 0 Å². The first kappa shape index (κ1) is 15.9. The molecule has 1 aromatic carbocycles. The highest BCUT2D eigenvalue weighted by Crippen LogP contribution is 2.58. The summed E-state index contributed by atoms with van der Waals surface area (Å²) < 4.78 is 0. The lowest BCUT2D eigenvalue weighted by Crippen LogP contribution is -2.34. The number of amides is 1. The minimum atomic E-state index is 0.289. The number of carbonyl (C=O) groups is 1. The van der Waals surface area contributed by atoms with E-state index in [1.54, 1.807) is 0 Å². The maximum Gasteiger partial charge on any atom is 0.223 e. The van der Waals surface area contributed by atoms with Gasteiger partial charge in [0.2, 0.25) is 5.91 Å². The fourth-order valence-corrected chi connectivity index (χ4v) is 4.26. The molecule has 1 aliphatic heterocycles. The van der Waals surface area contributed by atoms with Gasteiger partial charge in [-0.05, 0) is 50.3 Å². The zero-order valence-corrected chi connectivity index (χ0v) is 14.2. The maximum absolute atomic E-state index is 12.2. The van der Waals surface area contributed by atoms with E-state index in [9.17, 15) is 4.79 Å². The summed E-state index contributed by atoms with van der Waals surface area (Å²) in [7, 11) is 0. The lowest BCUT2D eigenvalue weighted by molar-refractivity contribution is -0.123. The van der Waals surface area contributed by atoms with E-state index >= 15 is 0 Å². The summed E-state index contributed by atoms with van der Waals surface area (Å²) in [6.45, 7) is 5.06. The summed E-state index contributed by atoms with van der Waals surface area (Å²) in [6.07, 6.45) is 3.46. The zero-order valence-electron chi connectivity index (χ0n) is 13.4. The Morgan fingerprint density at radius 2 is 2.05 bits per heavy atom. The van der Waals surface area contributed by atoms with Crippen molar-refractivity contribution in [1.29, 1.82) is 0 Å². The Morgan fingerprint density at radius 3 is 2.77 bits per heavy atom. The molecular formula is C18H26N2OS. The minimum absolute atomic E-state index is 0.289. The number of benzene rings is 1. The van der Waals surface area contributed by atoms with Gasteiger partial charge in [0.1, 0.15) is 0 Å². The van der Waals surface area contributed by atoms with Gasteiger partial charge >= 0.3 is 0 Å². The van der Waals surface area contributed by atoms with Crippen molar-refractivity contribution >= 4 is 17.7 Å². The normalized spacial score (nSPS) is 22.5. The van der Waals surface area contributed by atoms with Crippen LogP contribution in [0.1, 0.15) is 30.4 Å². The number of hydrogen-bond acceptors (Lipinski definition) is 3. The van der Waals surface area contributed by atoms with Crippen molar-refractivity contribution in [3.8, 4) is 0 Å². The number of thioether (sulfide) groups is 1. The van der Waals surface area contributed by atoms with E-state index in [2.05, 4.69) is 41.8 Å². The van der Waals surface area contributed by atoms with Crippen LogP contribution in [0.4, 0.5) is 0 Å². The average Bonchev–Trinajstić information content (AvgIpc) is 3.22. The Bertz CT molecular complexity index is 508. The van der Waals surface area contributed by atoms with Gasteiger partial charge in [0.15, 0.2) is 0 Å². The van der Waals surface area contributed by atoms with E-state index in [1.165, 1.54) is 24.0 Å². The van der Waals surface area contributed by atoms with E-state index in [-0.39, 0.29) is 11.8 Å². The van der Waals surface area contributed by atoms with E-state index in [1.807, 2.05) is 11.8 Å². The predicted molar refractivity (Wildman–Crippen MR) is 93.0 cm³/mol. The number of nitrogens with one attached hydrogen (secondary N) is 2. The molecule has 0 bridgehead atoms. The molecule has 1 unspecified atom stereocenters. The van der Waals surface area contributed by atoms with Crippen LogP contribution >= 0.6 is 11.8 Å². The highest BCUT2D eigenvalue weighted by molar-refractivity contribution is 7.98. The molecule has 1 atom stereocenters. The molecule has 1 amide bonds. The molecular weight excluding hydrogens is 292 g/mol. The van der Waals surface area contributed by atoms with Crippen LogP contribution in [0.5, 0.6) is 0 Å². The highest BCUT2D eigenvalue weighted by atomic mass is 32.2. The van der Waals surface area contributed by atoms with Crippen molar-refractivity contribution in [2.24, 2.45) is 11.3 Å². The molecule has 0 aromatic heterocycles. The van der Waals surface area contributed by atoms with Gasteiger partial charge in [-0.3, -0.25) is 4.79 Å². The van der Waals surface area contributed by atoms with E-state index < -0.39 is 0 Å². The maximum atomic E-state index is 12.2.